The third-order valence-corrected chi connectivity index (χ3v) is 5.70. The molecule has 31 heavy (non-hydrogen) atoms. The molecule has 2 aliphatic rings. The number of anilines is 1. The monoisotopic (exact) mass is 431 g/mol. The van der Waals surface area contributed by atoms with E-state index in [4.69, 9.17) is 9.47 Å². The summed E-state index contributed by atoms with van der Waals surface area (Å²) in [5.41, 5.74) is -0.275. The van der Waals surface area contributed by atoms with Crippen LogP contribution in [0.25, 0.3) is 5.69 Å². The van der Waals surface area contributed by atoms with Crippen molar-refractivity contribution in [2.45, 2.75) is 37.4 Å². The SMILES string of the molecule is FC(F)(F)c1cccc(-n2nnnc2C2(Nc3ccc4c(c3)OCCO4)CCCC2)c1. The largest absolute Gasteiger partial charge is 0.486 e. The third-order valence-electron chi connectivity index (χ3n) is 5.70. The molecule has 0 unspecified atom stereocenters. The minimum absolute atomic E-state index is 0.269. The molecule has 0 spiro atoms. The van der Waals surface area contributed by atoms with Gasteiger partial charge in [0.1, 0.15) is 13.2 Å². The van der Waals surface area contributed by atoms with Gasteiger partial charge in [-0.25, -0.2) is 0 Å². The minimum atomic E-state index is -4.45. The molecule has 7 nitrogen and oxygen atoms in total. The van der Waals surface area contributed by atoms with Crippen molar-refractivity contribution in [1.82, 2.24) is 20.2 Å². The summed E-state index contributed by atoms with van der Waals surface area (Å²) in [6, 6.07) is 10.6. The summed E-state index contributed by atoms with van der Waals surface area (Å²) in [6.45, 7) is 0.991. The molecule has 2 aromatic carbocycles. The van der Waals surface area contributed by atoms with E-state index < -0.39 is 17.3 Å². The van der Waals surface area contributed by atoms with Crippen LogP contribution in [-0.2, 0) is 11.7 Å². The highest BCUT2D eigenvalue weighted by Gasteiger charge is 2.41. The Morgan fingerprint density at radius 1 is 0.968 bits per heavy atom. The Bertz CT molecular complexity index is 1090. The van der Waals surface area contributed by atoms with Gasteiger partial charge in [-0.3, -0.25) is 0 Å². The topological polar surface area (TPSA) is 74.1 Å². The number of hydrogen-bond donors (Lipinski definition) is 1. The summed E-state index contributed by atoms with van der Waals surface area (Å²) in [5, 5.41) is 15.6. The van der Waals surface area contributed by atoms with Crippen LogP contribution >= 0.6 is 0 Å². The highest BCUT2D eigenvalue weighted by atomic mass is 19.4. The first-order chi connectivity index (χ1) is 14.9. The van der Waals surface area contributed by atoms with E-state index in [-0.39, 0.29) is 5.69 Å². The second-order valence-electron chi connectivity index (χ2n) is 7.74. The molecule has 1 aliphatic carbocycles. The van der Waals surface area contributed by atoms with Crippen molar-refractivity contribution < 1.29 is 22.6 Å². The van der Waals surface area contributed by atoms with Crippen LogP contribution in [0.4, 0.5) is 18.9 Å². The van der Waals surface area contributed by atoms with Gasteiger partial charge in [-0.2, -0.15) is 17.9 Å². The number of nitrogens with zero attached hydrogens (tertiary/aromatic N) is 4. The van der Waals surface area contributed by atoms with E-state index in [2.05, 4.69) is 20.8 Å². The van der Waals surface area contributed by atoms with Crippen LogP contribution in [0.5, 0.6) is 11.5 Å². The average molecular weight is 431 g/mol. The van der Waals surface area contributed by atoms with Gasteiger partial charge in [0, 0.05) is 11.8 Å². The normalized spacial score (nSPS) is 17.5. The zero-order valence-corrected chi connectivity index (χ0v) is 16.5. The van der Waals surface area contributed by atoms with Crippen molar-refractivity contribution in [2.24, 2.45) is 0 Å². The van der Waals surface area contributed by atoms with Crippen LogP contribution in [0.3, 0.4) is 0 Å². The smallest absolute Gasteiger partial charge is 0.416 e. The van der Waals surface area contributed by atoms with Gasteiger partial charge in [-0.05, 0) is 53.6 Å². The average Bonchev–Trinajstić information content (AvgIpc) is 3.44. The van der Waals surface area contributed by atoms with Crippen molar-refractivity contribution >= 4 is 5.69 Å². The van der Waals surface area contributed by atoms with Gasteiger partial charge in [0.2, 0.25) is 0 Å². The van der Waals surface area contributed by atoms with E-state index in [1.54, 1.807) is 6.07 Å². The van der Waals surface area contributed by atoms with E-state index in [0.29, 0.717) is 30.5 Å². The molecule has 0 amide bonds. The number of tetrazole rings is 1. The van der Waals surface area contributed by atoms with E-state index >= 15 is 0 Å². The maximum absolute atomic E-state index is 13.2. The van der Waals surface area contributed by atoms with E-state index in [9.17, 15) is 13.2 Å². The molecule has 0 bridgehead atoms. The number of rotatable bonds is 4. The van der Waals surface area contributed by atoms with Gasteiger partial charge in [0.25, 0.3) is 0 Å². The predicted molar refractivity (Wildman–Crippen MR) is 105 cm³/mol. The molecular formula is C21H20F3N5O2. The van der Waals surface area contributed by atoms with Crippen LogP contribution in [-0.4, -0.2) is 33.4 Å². The summed E-state index contributed by atoms with van der Waals surface area (Å²) < 4.78 is 52.3. The first-order valence-corrected chi connectivity index (χ1v) is 10.1. The second kappa shape index (κ2) is 7.44. The van der Waals surface area contributed by atoms with Gasteiger partial charge in [0.05, 0.1) is 16.8 Å². The third kappa shape index (κ3) is 3.66. The lowest BCUT2D eigenvalue weighted by Gasteiger charge is -2.31. The highest BCUT2D eigenvalue weighted by molar-refractivity contribution is 5.57. The summed E-state index contributed by atoms with van der Waals surface area (Å²) in [5.74, 6) is 1.83. The van der Waals surface area contributed by atoms with Gasteiger partial charge >= 0.3 is 6.18 Å². The van der Waals surface area contributed by atoms with Crippen molar-refractivity contribution in [3.05, 3.63) is 53.9 Å². The van der Waals surface area contributed by atoms with Crippen LogP contribution in [0.15, 0.2) is 42.5 Å². The number of nitrogens with one attached hydrogen (secondary N) is 1. The molecular weight excluding hydrogens is 411 g/mol. The van der Waals surface area contributed by atoms with E-state index in [1.165, 1.54) is 10.7 Å². The molecule has 1 N–H and O–H groups in total. The van der Waals surface area contributed by atoms with Crippen LogP contribution in [0.1, 0.15) is 37.1 Å². The van der Waals surface area contributed by atoms with E-state index in [1.807, 2.05) is 18.2 Å². The molecule has 10 heteroatoms. The molecule has 3 aromatic rings. The first-order valence-electron chi connectivity index (χ1n) is 10.1. The molecule has 1 fully saturated rings. The Morgan fingerprint density at radius 3 is 2.52 bits per heavy atom. The fourth-order valence-corrected chi connectivity index (χ4v) is 4.25. The lowest BCUT2D eigenvalue weighted by molar-refractivity contribution is -0.137. The second-order valence-corrected chi connectivity index (χ2v) is 7.74. The van der Waals surface area contributed by atoms with Gasteiger partial charge < -0.3 is 14.8 Å². The molecule has 1 saturated carbocycles. The number of halogens is 3. The summed E-state index contributed by atoms with van der Waals surface area (Å²) in [7, 11) is 0. The molecule has 5 rings (SSSR count). The molecule has 0 atom stereocenters. The number of ether oxygens (including phenoxy) is 2. The Balaban J connectivity index is 1.52. The Labute approximate surface area is 176 Å². The molecule has 0 radical (unpaired) electrons. The fraction of sp³-hybridized carbons (Fsp3) is 0.381. The Morgan fingerprint density at radius 2 is 1.74 bits per heavy atom. The number of hydrogen-bond acceptors (Lipinski definition) is 6. The maximum atomic E-state index is 13.2. The Kier molecular flexibility index (Phi) is 4.71. The fourth-order valence-electron chi connectivity index (χ4n) is 4.25. The lowest BCUT2D eigenvalue weighted by atomic mass is 9.95. The zero-order valence-electron chi connectivity index (χ0n) is 16.5. The highest BCUT2D eigenvalue weighted by Crippen LogP contribution is 2.43. The van der Waals surface area contributed by atoms with Gasteiger partial charge in [-0.15, -0.1) is 5.10 Å². The standard InChI is InChI=1S/C21H20F3N5O2/c22-21(23,24)14-4-3-5-16(12-14)29-19(26-27-28-29)20(8-1-2-9-20)25-15-6-7-17-18(13-15)31-11-10-30-17/h3-7,12-13,25H,1-2,8-11H2. The number of aromatic nitrogens is 4. The van der Waals surface area contributed by atoms with Crippen molar-refractivity contribution in [1.29, 1.82) is 0 Å². The quantitative estimate of drug-likeness (QED) is 0.663. The number of fused-ring (bicyclic) bond motifs is 1. The summed E-state index contributed by atoms with van der Waals surface area (Å²) in [6.07, 6.45) is -1.04. The molecule has 0 saturated heterocycles. The lowest BCUT2D eigenvalue weighted by Crippen LogP contribution is -2.35. The number of alkyl halides is 3. The molecule has 1 aromatic heterocycles. The zero-order chi connectivity index (χ0) is 21.5. The van der Waals surface area contributed by atoms with Crippen molar-refractivity contribution in [3.63, 3.8) is 0 Å². The molecule has 2 heterocycles. The van der Waals surface area contributed by atoms with Crippen LogP contribution in [0.2, 0.25) is 0 Å². The maximum Gasteiger partial charge on any atom is 0.416 e. The van der Waals surface area contributed by atoms with Crippen LogP contribution in [0, 0.1) is 0 Å². The van der Waals surface area contributed by atoms with Crippen molar-refractivity contribution in [2.75, 3.05) is 18.5 Å². The first kappa shape index (κ1) is 19.7. The summed E-state index contributed by atoms with van der Waals surface area (Å²) >= 11 is 0. The van der Waals surface area contributed by atoms with Crippen LogP contribution < -0.4 is 14.8 Å². The minimum Gasteiger partial charge on any atom is -0.486 e. The van der Waals surface area contributed by atoms with Gasteiger partial charge in [-0.1, -0.05) is 18.9 Å². The predicted octanol–water partition coefficient (Wildman–Crippen LogP) is 4.33. The Hall–Kier alpha value is -3.30. The van der Waals surface area contributed by atoms with E-state index in [0.717, 1.165) is 43.5 Å². The number of benzene rings is 2. The molecule has 162 valence electrons. The summed E-state index contributed by atoms with van der Waals surface area (Å²) in [4.78, 5) is 0. The van der Waals surface area contributed by atoms with Crippen molar-refractivity contribution in [3.8, 4) is 17.2 Å². The van der Waals surface area contributed by atoms with Gasteiger partial charge in [0.15, 0.2) is 17.3 Å². The molecule has 1 aliphatic heterocycles.